The van der Waals surface area contributed by atoms with E-state index in [1.807, 2.05) is 0 Å². The quantitative estimate of drug-likeness (QED) is 0.734. The largest absolute Gasteiger partial charge is 0.469 e. The van der Waals surface area contributed by atoms with Gasteiger partial charge in [0.1, 0.15) is 5.69 Å². The zero-order valence-corrected chi connectivity index (χ0v) is 9.66. The van der Waals surface area contributed by atoms with E-state index in [0.717, 1.165) is 18.5 Å². The van der Waals surface area contributed by atoms with Gasteiger partial charge < -0.3 is 10.1 Å². The smallest absolute Gasteiger partial charge is 0.307 e. The lowest BCUT2D eigenvalue weighted by Gasteiger charge is -2.01. The number of hydrogen-bond donors (Lipinski definition) is 2. The van der Waals surface area contributed by atoms with Crippen molar-refractivity contribution < 1.29 is 14.3 Å². The van der Waals surface area contributed by atoms with E-state index in [2.05, 4.69) is 20.3 Å². The highest BCUT2D eigenvalue weighted by Gasteiger charge is 2.26. The highest BCUT2D eigenvalue weighted by atomic mass is 16.5. The van der Waals surface area contributed by atoms with Gasteiger partial charge in [0.25, 0.3) is 5.91 Å². The molecule has 0 aromatic carbocycles. The molecule has 1 amide bonds. The van der Waals surface area contributed by atoms with Crippen molar-refractivity contribution in [3.8, 4) is 0 Å². The Morgan fingerprint density at radius 2 is 2.35 bits per heavy atom. The summed E-state index contributed by atoms with van der Waals surface area (Å²) < 4.78 is 4.47. The summed E-state index contributed by atoms with van der Waals surface area (Å²) in [6.07, 6.45) is 2.49. The molecule has 0 atom stereocenters. The minimum absolute atomic E-state index is 0.169. The standard InChI is InChI=1S/C11H15N3O3/c1-17-10(15)4-5-12-11(16)9-6-8(13-14-9)7-2-3-7/h6-7H,2-5H2,1H3,(H,12,16)(H,13,14). The molecule has 1 aromatic heterocycles. The Bertz CT molecular complexity index is 423. The van der Waals surface area contributed by atoms with Crippen LogP contribution in [0.4, 0.5) is 0 Å². The summed E-state index contributed by atoms with van der Waals surface area (Å²) in [4.78, 5) is 22.5. The van der Waals surface area contributed by atoms with Crippen LogP contribution in [0, 0.1) is 0 Å². The Labute approximate surface area is 98.7 Å². The highest BCUT2D eigenvalue weighted by molar-refractivity contribution is 5.92. The molecule has 17 heavy (non-hydrogen) atoms. The monoisotopic (exact) mass is 237 g/mol. The molecule has 0 saturated heterocycles. The van der Waals surface area contributed by atoms with E-state index in [1.165, 1.54) is 7.11 Å². The van der Waals surface area contributed by atoms with Crippen molar-refractivity contribution in [2.45, 2.75) is 25.2 Å². The Balaban J connectivity index is 1.80. The lowest BCUT2D eigenvalue weighted by Crippen LogP contribution is -2.26. The predicted octanol–water partition coefficient (Wildman–Crippen LogP) is 0.580. The number of hydrogen-bond acceptors (Lipinski definition) is 4. The molecule has 2 N–H and O–H groups in total. The van der Waals surface area contributed by atoms with E-state index in [-0.39, 0.29) is 24.8 Å². The minimum atomic E-state index is -0.342. The molecule has 0 aliphatic heterocycles. The summed E-state index contributed by atoms with van der Waals surface area (Å²) in [6.45, 7) is 0.261. The first-order chi connectivity index (χ1) is 8.20. The third kappa shape index (κ3) is 3.05. The number of rotatable bonds is 5. The number of nitrogens with zero attached hydrogens (tertiary/aromatic N) is 1. The number of carbonyl (C=O) groups excluding carboxylic acids is 2. The first-order valence-corrected chi connectivity index (χ1v) is 5.61. The summed E-state index contributed by atoms with van der Waals surface area (Å²) in [5.41, 5.74) is 1.39. The van der Waals surface area contributed by atoms with Gasteiger partial charge in [0.2, 0.25) is 0 Å². The summed E-state index contributed by atoms with van der Waals surface area (Å²) in [6, 6.07) is 1.77. The third-order valence-corrected chi connectivity index (χ3v) is 2.69. The van der Waals surface area contributed by atoms with Gasteiger partial charge in [-0.15, -0.1) is 0 Å². The van der Waals surface area contributed by atoms with E-state index in [0.29, 0.717) is 11.6 Å². The molecule has 2 rings (SSSR count). The van der Waals surface area contributed by atoms with Gasteiger partial charge in [-0.25, -0.2) is 0 Å². The molecule has 1 saturated carbocycles. The number of aromatic nitrogens is 2. The Morgan fingerprint density at radius 1 is 1.59 bits per heavy atom. The number of aromatic amines is 1. The van der Waals surface area contributed by atoms with Crippen LogP contribution in [0.2, 0.25) is 0 Å². The van der Waals surface area contributed by atoms with Crippen LogP contribution in [0.15, 0.2) is 6.07 Å². The lowest BCUT2D eigenvalue weighted by atomic mass is 10.2. The predicted molar refractivity (Wildman–Crippen MR) is 59.5 cm³/mol. The molecular formula is C11H15N3O3. The second-order valence-corrected chi connectivity index (χ2v) is 4.06. The summed E-state index contributed by atoms with van der Waals surface area (Å²) in [5.74, 6) is -0.0674. The lowest BCUT2D eigenvalue weighted by molar-refractivity contribution is -0.140. The van der Waals surface area contributed by atoms with Gasteiger partial charge in [0.15, 0.2) is 0 Å². The number of nitrogens with one attached hydrogen (secondary N) is 2. The van der Waals surface area contributed by atoms with E-state index < -0.39 is 0 Å². The molecular weight excluding hydrogens is 222 g/mol. The minimum Gasteiger partial charge on any atom is -0.469 e. The summed E-state index contributed by atoms with van der Waals surface area (Å²) in [7, 11) is 1.32. The molecule has 1 aliphatic carbocycles. The maximum atomic E-state index is 11.6. The topological polar surface area (TPSA) is 84.1 Å². The maximum absolute atomic E-state index is 11.6. The first kappa shape index (κ1) is 11.6. The van der Waals surface area contributed by atoms with Crippen LogP contribution in [0.3, 0.4) is 0 Å². The number of carbonyl (C=O) groups is 2. The van der Waals surface area contributed by atoms with Crippen molar-refractivity contribution in [2.75, 3.05) is 13.7 Å². The van der Waals surface area contributed by atoms with Crippen molar-refractivity contribution in [3.05, 3.63) is 17.5 Å². The number of esters is 1. The number of ether oxygens (including phenoxy) is 1. The van der Waals surface area contributed by atoms with Crippen LogP contribution >= 0.6 is 0 Å². The first-order valence-electron chi connectivity index (χ1n) is 5.61. The van der Waals surface area contributed by atoms with Gasteiger partial charge in [-0.1, -0.05) is 0 Å². The summed E-state index contributed by atoms with van der Waals surface area (Å²) >= 11 is 0. The van der Waals surface area contributed by atoms with Crippen molar-refractivity contribution in [1.82, 2.24) is 15.5 Å². The van der Waals surface area contributed by atoms with E-state index in [1.54, 1.807) is 6.07 Å². The van der Waals surface area contributed by atoms with Gasteiger partial charge in [0, 0.05) is 18.2 Å². The van der Waals surface area contributed by atoms with E-state index in [9.17, 15) is 9.59 Å². The van der Waals surface area contributed by atoms with Crippen LogP contribution in [0.25, 0.3) is 0 Å². The molecule has 0 spiro atoms. The Hall–Kier alpha value is -1.85. The summed E-state index contributed by atoms with van der Waals surface area (Å²) in [5, 5.41) is 9.41. The molecule has 1 aromatic rings. The molecule has 0 bridgehead atoms. The average Bonchev–Trinajstić information content (AvgIpc) is 3.06. The SMILES string of the molecule is COC(=O)CCNC(=O)c1cc(C2CC2)[nH]n1. The third-order valence-electron chi connectivity index (χ3n) is 2.69. The van der Waals surface area contributed by atoms with Crippen molar-refractivity contribution in [2.24, 2.45) is 0 Å². The highest BCUT2D eigenvalue weighted by Crippen LogP contribution is 2.38. The number of H-pyrrole nitrogens is 1. The zero-order valence-electron chi connectivity index (χ0n) is 9.66. The molecule has 92 valence electrons. The Kier molecular flexibility index (Phi) is 3.41. The van der Waals surface area contributed by atoms with E-state index >= 15 is 0 Å². The fourth-order valence-electron chi connectivity index (χ4n) is 1.53. The maximum Gasteiger partial charge on any atom is 0.307 e. The van der Waals surface area contributed by atoms with Gasteiger partial charge in [0.05, 0.1) is 13.5 Å². The zero-order chi connectivity index (χ0) is 12.3. The molecule has 1 heterocycles. The normalized spacial score (nSPS) is 14.4. The molecule has 0 unspecified atom stereocenters. The van der Waals surface area contributed by atoms with Gasteiger partial charge in [-0.3, -0.25) is 14.7 Å². The van der Waals surface area contributed by atoms with E-state index in [4.69, 9.17) is 0 Å². The second-order valence-electron chi connectivity index (χ2n) is 4.06. The van der Waals surface area contributed by atoms with Crippen LogP contribution in [0.1, 0.15) is 41.4 Å². The second kappa shape index (κ2) is 4.99. The van der Waals surface area contributed by atoms with Gasteiger partial charge in [-0.2, -0.15) is 5.10 Å². The van der Waals surface area contributed by atoms with Crippen LogP contribution < -0.4 is 5.32 Å². The van der Waals surface area contributed by atoms with Crippen molar-refractivity contribution in [3.63, 3.8) is 0 Å². The fraction of sp³-hybridized carbons (Fsp3) is 0.545. The van der Waals surface area contributed by atoms with Crippen molar-refractivity contribution >= 4 is 11.9 Å². The number of methoxy groups -OCH3 is 1. The van der Waals surface area contributed by atoms with Crippen LogP contribution in [-0.4, -0.2) is 35.7 Å². The van der Waals surface area contributed by atoms with Crippen molar-refractivity contribution in [1.29, 1.82) is 0 Å². The fourth-order valence-corrected chi connectivity index (χ4v) is 1.53. The average molecular weight is 237 g/mol. The Morgan fingerprint density at radius 3 is 3.00 bits per heavy atom. The van der Waals surface area contributed by atoms with Gasteiger partial charge in [-0.05, 0) is 18.9 Å². The molecule has 6 heteroatoms. The molecule has 1 aliphatic rings. The molecule has 0 radical (unpaired) electrons. The van der Waals surface area contributed by atoms with Crippen LogP contribution in [-0.2, 0) is 9.53 Å². The van der Waals surface area contributed by atoms with Crippen LogP contribution in [0.5, 0.6) is 0 Å². The van der Waals surface area contributed by atoms with Gasteiger partial charge >= 0.3 is 5.97 Å². The molecule has 6 nitrogen and oxygen atoms in total. The molecule has 1 fully saturated rings. The number of amides is 1.